The first-order valence-electron chi connectivity index (χ1n) is 13.1. The number of ether oxygens (including phenoxy) is 1. The second-order valence-electron chi connectivity index (χ2n) is 9.79. The second kappa shape index (κ2) is 12.2. The van der Waals surface area contributed by atoms with Gasteiger partial charge >= 0.3 is 0 Å². The normalized spacial score (nSPS) is 20.7. The fraction of sp³-hybridized carbons (Fsp3) is 0.517. The number of para-hydroxylation sites is 1. The van der Waals surface area contributed by atoms with Crippen molar-refractivity contribution in [1.82, 2.24) is 15.1 Å². The van der Waals surface area contributed by atoms with Crippen LogP contribution in [0.15, 0.2) is 48.5 Å². The lowest BCUT2D eigenvalue weighted by molar-refractivity contribution is -0.143. The predicted octanol–water partition coefficient (Wildman–Crippen LogP) is 4.69. The van der Waals surface area contributed by atoms with Crippen LogP contribution in [-0.2, 0) is 22.7 Å². The molecule has 2 aromatic rings. The summed E-state index contributed by atoms with van der Waals surface area (Å²) in [5, 5.41) is 3.16. The van der Waals surface area contributed by atoms with Crippen molar-refractivity contribution in [1.29, 1.82) is 0 Å². The third-order valence-corrected chi connectivity index (χ3v) is 7.35. The minimum Gasteiger partial charge on any atom is -0.496 e. The molecule has 2 saturated heterocycles. The van der Waals surface area contributed by atoms with Crippen molar-refractivity contribution < 1.29 is 14.3 Å². The van der Waals surface area contributed by atoms with Gasteiger partial charge in [-0.3, -0.25) is 14.5 Å². The van der Waals surface area contributed by atoms with E-state index in [0.29, 0.717) is 25.9 Å². The molecule has 0 unspecified atom stereocenters. The predicted molar refractivity (Wildman–Crippen MR) is 138 cm³/mol. The van der Waals surface area contributed by atoms with Crippen molar-refractivity contribution in [2.24, 2.45) is 5.92 Å². The summed E-state index contributed by atoms with van der Waals surface area (Å²) in [6, 6.07) is 16.0. The number of likely N-dealkylation sites (tertiary alicyclic amines) is 2. The van der Waals surface area contributed by atoms with Gasteiger partial charge < -0.3 is 15.0 Å². The maximum atomic E-state index is 13.5. The average Bonchev–Trinajstić information content (AvgIpc) is 3.40. The zero-order chi connectivity index (χ0) is 24.6. The van der Waals surface area contributed by atoms with E-state index in [-0.39, 0.29) is 23.8 Å². The Morgan fingerprint density at radius 2 is 1.77 bits per heavy atom. The Labute approximate surface area is 209 Å². The van der Waals surface area contributed by atoms with Gasteiger partial charge in [0.05, 0.1) is 19.1 Å². The lowest BCUT2D eigenvalue weighted by Crippen LogP contribution is -2.48. The van der Waals surface area contributed by atoms with Crippen LogP contribution < -0.4 is 10.1 Å². The van der Waals surface area contributed by atoms with Crippen LogP contribution in [0.2, 0.25) is 0 Å². The molecule has 2 atom stereocenters. The van der Waals surface area contributed by atoms with Crippen LogP contribution in [0.25, 0.3) is 0 Å². The van der Waals surface area contributed by atoms with Gasteiger partial charge in [-0.15, -0.1) is 0 Å². The number of amides is 2. The summed E-state index contributed by atoms with van der Waals surface area (Å²) in [5.74, 6) is 0.526. The van der Waals surface area contributed by atoms with Gasteiger partial charge in [-0.1, -0.05) is 55.8 Å². The lowest BCUT2D eigenvalue weighted by Gasteiger charge is -2.41. The van der Waals surface area contributed by atoms with E-state index in [4.69, 9.17) is 4.74 Å². The summed E-state index contributed by atoms with van der Waals surface area (Å²) < 4.78 is 5.63. The highest BCUT2D eigenvalue weighted by atomic mass is 16.5. The molecule has 0 saturated carbocycles. The van der Waals surface area contributed by atoms with Crippen LogP contribution in [0.5, 0.6) is 5.75 Å². The molecule has 2 aliphatic heterocycles. The number of unbranched alkanes of at least 4 members (excludes halogenated alkanes) is 1. The zero-order valence-corrected chi connectivity index (χ0v) is 21.2. The molecule has 6 heteroatoms. The number of carbonyl (C=O) groups is 2. The highest BCUT2D eigenvalue weighted by molar-refractivity contribution is 5.85. The maximum Gasteiger partial charge on any atom is 0.225 e. The fourth-order valence-corrected chi connectivity index (χ4v) is 5.40. The summed E-state index contributed by atoms with van der Waals surface area (Å²) in [6.07, 6.45) is 5.44. The molecule has 0 radical (unpaired) electrons. The number of benzene rings is 2. The van der Waals surface area contributed by atoms with Crippen molar-refractivity contribution in [3.8, 4) is 5.75 Å². The quantitative estimate of drug-likeness (QED) is 0.539. The van der Waals surface area contributed by atoms with Crippen molar-refractivity contribution in [3.63, 3.8) is 0 Å². The van der Waals surface area contributed by atoms with Crippen LogP contribution in [0.3, 0.4) is 0 Å². The van der Waals surface area contributed by atoms with Gasteiger partial charge in [0, 0.05) is 31.6 Å². The Kier molecular flexibility index (Phi) is 8.80. The summed E-state index contributed by atoms with van der Waals surface area (Å²) in [6.45, 7) is 6.62. The van der Waals surface area contributed by atoms with Gasteiger partial charge in [-0.2, -0.15) is 0 Å². The molecule has 4 rings (SSSR count). The van der Waals surface area contributed by atoms with E-state index in [1.54, 1.807) is 7.11 Å². The van der Waals surface area contributed by atoms with Gasteiger partial charge in [-0.05, 0) is 56.0 Å². The number of methoxy groups -OCH3 is 1. The number of hydrogen-bond donors (Lipinski definition) is 1. The molecular weight excluding hydrogens is 438 g/mol. The zero-order valence-electron chi connectivity index (χ0n) is 21.2. The molecule has 35 heavy (non-hydrogen) atoms. The van der Waals surface area contributed by atoms with Gasteiger partial charge in [0.25, 0.3) is 0 Å². The number of nitrogens with zero attached hydrogens (tertiary/aromatic N) is 2. The van der Waals surface area contributed by atoms with Gasteiger partial charge in [0.2, 0.25) is 11.8 Å². The monoisotopic (exact) mass is 477 g/mol. The number of hydrogen-bond acceptors (Lipinski definition) is 4. The van der Waals surface area contributed by atoms with E-state index in [9.17, 15) is 9.59 Å². The fourth-order valence-electron chi connectivity index (χ4n) is 5.40. The summed E-state index contributed by atoms with van der Waals surface area (Å²) in [7, 11) is 1.64. The second-order valence-corrected chi connectivity index (χ2v) is 9.79. The highest BCUT2D eigenvalue weighted by Gasteiger charge is 2.41. The van der Waals surface area contributed by atoms with E-state index >= 15 is 0 Å². The molecular formula is C29H39N3O3. The molecule has 1 N–H and O–H groups in total. The van der Waals surface area contributed by atoms with Gasteiger partial charge in [-0.25, -0.2) is 0 Å². The van der Waals surface area contributed by atoms with Crippen LogP contribution in [0.4, 0.5) is 0 Å². The Morgan fingerprint density at radius 1 is 1.06 bits per heavy atom. The van der Waals surface area contributed by atoms with E-state index in [2.05, 4.69) is 41.4 Å². The Balaban J connectivity index is 1.46. The van der Waals surface area contributed by atoms with Crippen molar-refractivity contribution >= 4 is 11.8 Å². The van der Waals surface area contributed by atoms with E-state index < -0.39 is 0 Å². The molecule has 2 amide bonds. The van der Waals surface area contributed by atoms with Crippen LogP contribution in [0, 0.1) is 5.92 Å². The van der Waals surface area contributed by atoms with Gasteiger partial charge in [0.1, 0.15) is 5.75 Å². The lowest BCUT2D eigenvalue weighted by atomic mass is 9.83. The van der Waals surface area contributed by atoms with Crippen molar-refractivity contribution in [2.45, 2.75) is 64.6 Å². The van der Waals surface area contributed by atoms with Gasteiger partial charge in [0.15, 0.2) is 0 Å². The highest BCUT2D eigenvalue weighted by Crippen LogP contribution is 2.40. The summed E-state index contributed by atoms with van der Waals surface area (Å²) in [4.78, 5) is 30.8. The first-order chi connectivity index (χ1) is 17.1. The summed E-state index contributed by atoms with van der Waals surface area (Å²) >= 11 is 0. The standard InChI is InChI=1S/C29H39N3O3/c1-3-4-19-32-27(33)16-15-25(28(32)24-9-5-6-10-26(24)35-2)29(34)30-20-22-11-13-23(14-12-22)21-31-17-7-8-18-31/h5-6,9-14,25,28H,3-4,7-8,15-21H2,1-2H3,(H,30,34)/t25-,28-/m0/s1. The topological polar surface area (TPSA) is 61.9 Å². The molecule has 0 aliphatic carbocycles. The third-order valence-electron chi connectivity index (χ3n) is 7.35. The van der Waals surface area contributed by atoms with E-state index in [1.807, 2.05) is 29.2 Å². The number of carbonyl (C=O) groups excluding carboxylic acids is 2. The maximum absolute atomic E-state index is 13.5. The molecule has 2 aromatic carbocycles. The smallest absolute Gasteiger partial charge is 0.225 e. The minimum absolute atomic E-state index is 0.00366. The number of nitrogens with one attached hydrogen (secondary N) is 1. The first-order valence-corrected chi connectivity index (χ1v) is 13.1. The molecule has 6 nitrogen and oxygen atoms in total. The molecule has 0 bridgehead atoms. The van der Waals surface area contributed by atoms with E-state index in [0.717, 1.165) is 36.3 Å². The molecule has 2 heterocycles. The Bertz CT molecular complexity index is 985. The summed E-state index contributed by atoms with van der Waals surface area (Å²) in [5.41, 5.74) is 3.31. The Morgan fingerprint density at radius 3 is 2.49 bits per heavy atom. The molecule has 0 spiro atoms. The third kappa shape index (κ3) is 6.23. The largest absolute Gasteiger partial charge is 0.496 e. The van der Waals surface area contributed by atoms with Crippen LogP contribution in [-0.4, -0.2) is 48.4 Å². The molecule has 188 valence electrons. The minimum atomic E-state index is -0.318. The average molecular weight is 478 g/mol. The van der Waals surface area contributed by atoms with Crippen LogP contribution in [0.1, 0.15) is 68.2 Å². The Hall–Kier alpha value is -2.86. The molecule has 2 aliphatic rings. The number of piperidine rings is 1. The van der Waals surface area contributed by atoms with Crippen LogP contribution >= 0.6 is 0 Å². The molecule has 0 aromatic heterocycles. The van der Waals surface area contributed by atoms with Crippen molar-refractivity contribution in [2.75, 3.05) is 26.7 Å². The number of rotatable bonds is 10. The van der Waals surface area contributed by atoms with E-state index in [1.165, 1.54) is 31.5 Å². The molecule has 2 fully saturated rings. The van der Waals surface area contributed by atoms with Crippen molar-refractivity contribution in [3.05, 3.63) is 65.2 Å². The first kappa shape index (κ1) is 25.2. The SMILES string of the molecule is CCCCN1C(=O)CC[C@H](C(=O)NCc2ccc(CN3CCCC3)cc2)[C@@H]1c1ccccc1OC.